The zero-order chi connectivity index (χ0) is 21.8. The third-order valence-electron chi connectivity index (χ3n) is 5.34. The predicted molar refractivity (Wildman–Crippen MR) is 120 cm³/mol. The van der Waals surface area contributed by atoms with E-state index in [0.717, 1.165) is 33.8 Å². The van der Waals surface area contributed by atoms with Gasteiger partial charge in [0.15, 0.2) is 0 Å². The Labute approximate surface area is 181 Å². The van der Waals surface area contributed by atoms with Crippen molar-refractivity contribution in [2.45, 2.75) is 18.8 Å². The highest BCUT2D eigenvalue weighted by Crippen LogP contribution is 2.29. The SMILES string of the molecule is COC(CN)COc1cccc(C2=CC3=CN(c4ccc(CN)cc4)C(=O)NC3N2)c1. The van der Waals surface area contributed by atoms with Crippen LogP contribution in [0.2, 0.25) is 0 Å². The molecule has 6 N–H and O–H groups in total. The van der Waals surface area contributed by atoms with Gasteiger partial charge in [0.2, 0.25) is 0 Å². The second-order valence-corrected chi connectivity index (χ2v) is 7.39. The van der Waals surface area contributed by atoms with Gasteiger partial charge in [0.25, 0.3) is 0 Å². The first kappa shape index (κ1) is 20.9. The fourth-order valence-corrected chi connectivity index (χ4v) is 3.49. The molecule has 4 rings (SSSR count). The molecule has 0 fully saturated rings. The van der Waals surface area contributed by atoms with Gasteiger partial charge < -0.3 is 31.6 Å². The molecule has 8 nitrogen and oxygen atoms in total. The lowest BCUT2D eigenvalue weighted by Crippen LogP contribution is -2.51. The Kier molecular flexibility index (Phi) is 6.22. The number of anilines is 1. The Balaban J connectivity index is 1.52. The smallest absolute Gasteiger partial charge is 0.327 e. The van der Waals surface area contributed by atoms with Gasteiger partial charge >= 0.3 is 6.03 Å². The van der Waals surface area contributed by atoms with Crippen molar-refractivity contribution in [3.05, 3.63) is 77.5 Å². The lowest BCUT2D eigenvalue weighted by atomic mass is 10.1. The third-order valence-corrected chi connectivity index (χ3v) is 5.34. The van der Waals surface area contributed by atoms with Crippen LogP contribution in [0.25, 0.3) is 5.70 Å². The fourth-order valence-electron chi connectivity index (χ4n) is 3.49. The Hall–Kier alpha value is -3.33. The first-order chi connectivity index (χ1) is 15.1. The number of carbonyl (C=O) groups is 1. The number of fused-ring (bicyclic) bond motifs is 1. The van der Waals surface area contributed by atoms with Crippen molar-refractivity contribution in [2.75, 3.05) is 25.2 Å². The number of nitrogens with two attached hydrogens (primary N) is 2. The van der Waals surface area contributed by atoms with Gasteiger partial charge in [-0.2, -0.15) is 0 Å². The van der Waals surface area contributed by atoms with Gasteiger partial charge in [-0.15, -0.1) is 0 Å². The summed E-state index contributed by atoms with van der Waals surface area (Å²) in [5.41, 5.74) is 15.9. The average Bonchev–Trinajstić information content (AvgIpc) is 3.22. The lowest BCUT2D eigenvalue weighted by molar-refractivity contribution is 0.0644. The summed E-state index contributed by atoms with van der Waals surface area (Å²) in [5, 5.41) is 6.36. The minimum absolute atomic E-state index is 0.152. The van der Waals surface area contributed by atoms with Crippen molar-refractivity contribution in [2.24, 2.45) is 11.5 Å². The van der Waals surface area contributed by atoms with Gasteiger partial charge in [-0.1, -0.05) is 24.3 Å². The summed E-state index contributed by atoms with van der Waals surface area (Å²) in [6.45, 7) is 1.24. The number of urea groups is 1. The highest BCUT2D eigenvalue weighted by molar-refractivity contribution is 5.96. The summed E-state index contributed by atoms with van der Waals surface area (Å²) in [6, 6.07) is 15.2. The minimum Gasteiger partial charge on any atom is -0.491 e. The molecule has 0 aromatic heterocycles. The molecule has 2 aliphatic rings. The average molecular weight is 422 g/mol. The summed E-state index contributed by atoms with van der Waals surface area (Å²) in [4.78, 5) is 14.2. The van der Waals surface area contributed by atoms with E-state index in [2.05, 4.69) is 10.6 Å². The highest BCUT2D eigenvalue weighted by Gasteiger charge is 2.31. The molecule has 8 heteroatoms. The molecule has 31 heavy (non-hydrogen) atoms. The summed E-state index contributed by atoms with van der Waals surface area (Å²) in [6.07, 6.45) is 3.45. The van der Waals surface area contributed by atoms with Crippen molar-refractivity contribution in [3.63, 3.8) is 0 Å². The van der Waals surface area contributed by atoms with Crippen LogP contribution in [0.1, 0.15) is 11.1 Å². The first-order valence-electron chi connectivity index (χ1n) is 10.2. The lowest BCUT2D eigenvalue weighted by Gasteiger charge is -2.29. The van der Waals surface area contributed by atoms with Crippen molar-refractivity contribution >= 4 is 17.4 Å². The molecular weight excluding hydrogens is 394 g/mol. The zero-order valence-electron chi connectivity index (χ0n) is 17.4. The number of rotatable bonds is 8. The van der Waals surface area contributed by atoms with Gasteiger partial charge in [-0.25, -0.2) is 4.79 Å². The van der Waals surface area contributed by atoms with E-state index in [1.54, 1.807) is 12.0 Å². The number of nitrogens with zero attached hydrogens (tertiary/aromatic N) is 1. The molecule has 0 radical (unpaired) electrons. The Morgan fingerprint density at radius 3 is 2.65 bits per heavy atom. The third kappa shape index (κ3) is 4.56. The van der Waals surface area contributed by atoms with Gasteiger partial charge in [-0.3, -0.25) is 4.90 Å². The van der Waals surface area contributed by atoms with Crippen LogP contribution in [0.15, 0.2) is 66.4 Å². The molecule has 2 unspecified atom stereocenters. The monoisotopic (exact) mass is 421 g/mol. The number of amides is 2. The molecule has 0 saturated carbocycles. The maximum absolute atomic E-state index is 12.6. The van der Waals surface area contributed by atoms with E-state index in [1.165, 1.54) is 0 Å². The zero-order valence-corrected chi connectivity index (χ0v) is 17.4. The van der Waals surface area contributed by atoms with Crippen LogP contribution in [0.3, 0.4) is 0 Å². The number of benzene rings is 2. The van der Waals surface area contributed by atoms with Crippen LogP contribution in [0, 0.1) is 0 Å². The summed E-state index contributed by atoms with van der Waals surface area (Å²) in [7, 11) is 1.62. The van der Waals surface area contributed by atoms with E-state index in [4.69, 9.17) is 20.9 Å². The molecule has 0 aliphatic carbocycles. The van der Waals surface area contributed by atoms with Crippen LogP contribution in [0.4, 0.5) is 10.5 Å². The normalized spacial score (nSPS) is 18.5. The number of hydrogen-bond donors (Lipinski definition) is 4. The Morgan fingerprint density at radius 1 is 1.13 bits per heavy atom. The Bertz CT molecular complexity index is 999. The molecule has 2 heterocycles. The van der Waals surface area contributed by atoms with Crippen molar-refractivity contribution in [1.29, 1.82) is 0 Å². The number of hydrogen-bond acceptors (Lipinski definition) is 6. The summed E-state index contributed by atoms with van der Waals surface area (Å²) in [5.74, 6) is 0.727. The number of nitrogens with one attached hydrogen (secondary N) is 2. The molecule has 0 saturated heterocycles. The predicted octanol–water partition coefficient (Wildman–Crippen LogP) is 1.88. The molecule has 2 atom stereocenters. The van der Waals surface area contributed by atoms with E-state index >= 15 is 0 Å². The standard InChI is InChI=1S/C23H27N5O3/c1-30-20(12-25)14-31-19-4-2-3-16(9-19)21-10-17-13-28(23(29)27-22(17)26-21)18-7-5-15(11-24)6-8-18/h2-10,13,20,22,26H,11-12,14,24-25H2,1H3,(H,27,29). The van der Waals surface area contributed by atoms with Gasteiger partial charge in [0.05, 0.1) is 5.69 Å². The molecule has 2 aliphatic heterocycles. The van der Waals surface area contributed by atoms with Crippen LogP contribution in [-0.2, 0) is 11.3 Å². The molecule has 0 spiro atoms. The van der Waals surface area contributed by atoms with Crippen molar-refractivity contribution in [1.82, 2.24) is 10.6 Å². The number of ether oxygens (including phenoxy) is 2. The topological polar surface area (TPSA) is 115 Å². The molecule has 2 aromatic rings. The van der Waals surface area contributed by atoms with Crippen LogP contribution < -0.4 is 31.7 Å². The summed E-state index contributed by atoms with van der Waals surface area (Å²) < 4.78 is 11.1. The molecule has 162 valence electrons. The van der Waals surface area contributed by atoms with Gasteiger partial charge in [0, 0.05) is 43.2 Å². The highest BCUT2D eigenvalue weighted by atomic mass is 16.5. The van der Waals surface area contributed by atoms with Crippen LogP contribution in [0.5, 0.6) is 5.75 Å². The van der Waals surface area contributed by atoms with E-state index in [1.807, 2.05) is 60.8 Å². The molecule has 0 bridgehead atoms. The van der Waals surface area contributed by atoms with Crippen LogP contribution in [-0.4, -0.2) is 38.6 Å². The van der Waals surface area contributed by atoms with E-state index in [0.29, 0.717) is 19.7 Å². The first-order valence-corrected chi connectivity index (χ1v) is 10.2. The maximum Gasteiger partial charge on any atom is 0.327 e. The van der Waals surface area contributed by atoms with Crippen molar-refractivity contribution < 1.29 is 14.3 Å². The molecule has 2 amide bonds. The molecule has 2 aromatic carbocycles. The number of carbonyl (C=O) groups excluding carboxylic acids is 1. The fraction of sp³-hybridized carbons (Fsp3) is 0.261. The van der Waals surface area contributed by atoms with E-state index < -0.39 is 0 Å². The van der Waals surface area contributed by atoms with Crippen LogP contribution >= 0.6 is 0 Å². The van der Waals surface area contributed by atoms with E-state index in [9.17, 15) is 4.79 Å². The Morgan fingerprint density at radius 2 is 1.94 bits per heavy atom. The minimum atomic E-state index is -0.276. The quantitative estimate of drug-likeness (QED) is 0.517. The second kappa shape index (κ2) is 9.22. The molecular formula is C23H27N5O3. The van der Waals surface area contributed by atoms with Gasteiger partial charge in [0.1, 0.15) is 24.6 Å². The van der Waals surface area contributed by atoms with E-state index in [-0.39, 0.29) is 18.3 Å². The second-order valence-electron chi connectivity index (χ2n) is 7.39. The summed E-state index contributed by atoms with van der Waals surface area (Å²) >= 11 is 0. The number of methoxy groups -OCH3 is 1. The largest absolute Gasteiger partial charge is 0.491 e. The maximum atomic E-state index is 12.6. The van der Waals surface area contributed by atoms with Gasteiger partial charge in [-0.05, 0) is 35.9 Å². The van der Waals surface area contributed by atoms with Crippen molar-refractivity contribution in [3.8, 4) is 5.75 Å².